The molecule has 1 amide bonds. The van der Waals surface area contributed by atoms with Crippen LogP contribution in [0.1, 0.15) is 6.92 Å². The number of aliphatic hydroxyl groups is 1. The number of aldehydes is 1. The lowest BCUT2D eigenvalue weighted by Crippen LogP contribution is -2.43. The van der Waals surface area contributed by atoms with Crippen molar-refractivity contribution in [1.82, 2.24) is 5.32 Å². The maximum absolute atomic E-state index is 10.5. The molecule has 5 nitrogen and oxygen atoms in total. The fraction of sp³-hybridized carbons (Fsp3) is 0.667. The highest BCUT2D eigenvalue weighted by molar-refractivity contribution is 5.73. The number of carbonyl (C=O) groups excluding carboxylic acids is 2. The van der Waals surface area contributed by atoms with Crippen molar-refractivity contribution in [3.8, 4) is 0 Å². The molecule has 0 bridgehead atoms. The molecule has 0 spiro atoms. The predicted octanol–water partition coefficient (Wildman–Crippen LogP) is -0.709. The Morgan fingerprint density at radius 1 is 1.73 bits per heavy atom. The molecule has 2 N–H and O–H groups in total. The number of aliphatic hydroxyl groups excluding tert-OH is 1. The molecule has 64 valence electrons. The number of ether oxygens (including phenoxy) is 1. The van der Waals surface area contributed by atoms with E-state index in [-0.39, 0.29) is 0 Å². The number of amides is 1. The molecular formula is C6H11NO4. The van der Waals surface area contributed by atoms with E-state index in [1.54, 1.807) is 0 Å². The first-order chi connectivity index (χ1) is 5.11. The minimum absolute atomic E-state index is 0.446. The molecule has 0 fully saturated rings. The zero-order chi connectivity index (χ0) is 8.85. The molecule has 0 saturated heterocycles. The summed E-state index contributed by atoms with van der Waals surface area (Å²) in [5.74, 6) is 0. The second-order valence-electron chi connectivity index (χ2n) is 2.04. The van der Waals surface area contributed by atoms with Crippen molar-refractivity contribution in [3.05, 3.63) is 0 Å². The predicted molar refractivity (Wildman–Crippen MR) is 37.1 cm³/mol. The first-order valence-corrected chi connectivity index (χ1v) is 3.09. The topological polar surface area (TPSA) is 75.6 Å². The average molecular weight is 161 g/mol. The Hall–Kier alpha value is -1.10. The molecule has 0 aromatic rings. The molecule has 2 unspecified atom stereocenters. The number of methoxy groups -OCH3 is 1. The first kappa shape index (κ1) is 9.90. The van der Waals surface area contributed by atoms with Crippen molar-refractivity contribution in [1.29, 1.82) is 0 Å². The Bertz CT molecular complexity index is 146. The standard InChI is InChI=1S/C6H11NO4/c1-4(9)5(3-8)7-6(10)11-2/h3-5,9H,1-2H3,(H,7,10). The van der Waals surface area contributed by atoms with Gasteiger partial charge in [0, 0.05) is 0 Å². The monoisotopic (exact) mass is 161 g/mol. The van der Waals surface area contributed by atoms with Gasteiger partial charge < -0.3 is 20.0 Å². The Morgan fingerprint density at radius 2 is 2.27 bits per heavy atom. The van der Waals surface area contributed by atoms with Gasteiger partial charge in [-0.05, 0) is 6.92 Å². The smallest absolute Gasteiger partial charge is 0.407 e. The molecule has 0 saturated carbocycles. The Labute approximate surface area is 64.3 Å². The van der Waals surface area contributed by atoms with Crippen molar-refractivity contribution in [2.45, 2.75) is 19.1 Å². The van der Waals surface area contributed by atoms with Crippen LogP contribution in [-0.2, 0) is 9.53 Å². The molecule has 2 atom stereocenters. The van der Waals surface area contributed by atoms with E-state index in [2.05, 4.69) is 10.1 Å². The lowest BCUT2D eigenvalue weighted by atomic mass is 10.2. The van der Waals surface area contributed by atoms with Gasteiger partial charge in [-0.2, -0.15) is 0 Å². The normalized spacial score (nSPS) is 14.8. The summed E-state index contributed by atoms with van der Waals surface area (Å²) < 4.78 is 4.21. The van der Waals surface area contributed by atoms with Crippen molar-refractivity contribution >= 4 is 12.4 Å². The van der Waals surface area contributed by atoms with Gasteiger partial charge in [0.1, 0.15) is 12.3 Å². The molecule has 0 aliphatic carbocycles. The van der Waals surface area contributed by atoms with Crippen LogP contribution in [0, 0.1) is 0 Å². The Kier molecular flexibility index (Phi) is 4.21. The van der Waals surface area contributed by atoms with Crippen LogP contribution >= 0.6 is 0 Å². The fourth-order valence-electron chi connectivity index (χ4n) is 0.463. The SMILES string of the molecule is COC(=O)NC(C=O)C(C)O. The van der Waals surface area contributed by atoms with Gasteiger partial charge in [0.2, 0.25) is 0 Å². The molecule has 0 rings (SSSR count). The highest BCUT2D eigenvalue weighted by Crippen LogP contribution is 1.88. The molecule has 0 heterocycles. The van der Waals surface area contributed by atoms with E-state index < -0.39 is 18.2 Å². The summed E-state index contributed by atoms with van der Waals surface area (Å²) in [5, 5.41) is 11.0. The van der Waals surface area contributed by atoms with Gasteiger partial charge in [0.05, 0.1) is 13.2 Å². The number of alkyl carbamates (subject to hydrolysis) is 1. The van der Waals surface area contributed by atoms with E-state index in [9.17, 15) is 9.59 Å². The second kappa shape index (κ2) is 4.68. The summed E-state index contributed by atoms with van der Waals surface area (Å²) >= 11 is 0. The van der Waals surface area contributed by atoms with Gasteiger partial charge in [-0.25, -0.2) is 4.79 Å². The maximum Gasteiger partial charge on any atom is 0.407 e. The minimum Gasteiger partial charge on any atom is -0.453 e. The van der Waals surface area contributed by atoms with Crippen molar-refractivity contribution in [2.75, 3.05) is 7.11 Å². The molecular weight excluding hydrogens is 150 g/mol. The molecule has 0 aliphatic heterocycles. The van der Waals surface area contributed by atoms with E-state index in [1.165, 1.54) is 14.0 Å². The third-order valence-corrected chi connectivity index (χ3v) is 1.14. The van der Waals surface area contributed by atoms with Crippen molar-refractivity contribution in [3.63, 3.8) is 0 Å². The summed E-state index contributed by atoms with van der Waals surface area (Å²) in [7, 11) is 1.18. The summed E-state index contributed by atoms with van der Waals surface area (Å²) in [5.41, 5.74) is 0. The maximum atomic E-state index is 10.5. The molecule has 5 heteroatoms. The molecule has 0 aromatic carbocycles. The molecule has 11 heavy (non-hydrogen) atoms. The molecule has 0 radical (unpaired) electrons. The second-order valence-corrected chi connectivity index (χ2v) is 2.04. The first-order valence-electron chi connectivity index (χ1n) is 3.09. The highest BCUT2D eigenvalue weighted by atomic mass is 16.5. The summed E-state index contributed by atoms with van der Waals surface area (Å²) in [4.78, 5) is 20.6. The number of carbonyl (C=O) groups is 2. The Balaban J connectivity index is 3.87. The zero-order valence-electron chi connectivity index (χ0n) is 6.40. The van der Waals surface area contributed by atoms with Gasteiger partial charge in [-0.1, -0.05) is 0 Å². The third-order valence-electron chi connectivity index (χ3n) is 1.14. The van der Waals surface area contributed by atoms with Gasteiger partial charge in [-0.3, -0.25) is 0 Å². The summed E-state index contributed by atoms with van der Waals surface area (Å²) in [6.07, 6.45) is -1.20. The van der Waals surface area contributed by atoms with Gasteiger partial charge in [0.15, 0.2) is 0 Å². The zero-order valence-corrected chi connectivity index (χ0v) is 6.40. The van der Waals surface area contributed by atoms with Crippen molar-refractivity contribution < 1.29 is 19.4 Å². The number of hydrogen-bond acceptors (Lipinski definition) is 4. The summed E-state index contributed by atoms with van der Waals surface area (Å²) in [6, 6.07) is -0.901. The van der Waals surface area contributed by atoms with Crippen LogP contribution < -0.4 is 5.32 Å². The summed E-state index contributed by atoms with van der Waals surface area (Å²) in [6.45, 7) is 1.40. The van der Waals surface area contributed by atoms with E-state index in [0.717, 1.165) is 0 Å². The average Bonchev–Trinajstić information content (AvgIpc) is 1.99. The van der Waals surface area contributed by atoms with Crippen molar-refractivity contribution in [2.24, 2.45) is 0 Å². The number of nitrogens with one attached hydrogen (secondary N) is 1. The van der Waals surface area contributed by atoms with Gasteiger partial charge in [-0.15, -0.1) is 0 Å². The van der Waals surface area contributed by atoms with Crippen LogP contribution in [0.4, 0.5) is 4.79 Å². The lowest BCUT2D eigenvalue weighted by molar-refractivity contribution is -0.111. The lowest BCUT2D eigenvalue weighted by Gasteiger charge is -2.13. The van der Waals surface area contributed by atoms with Crippen LogP contribution in [0.25, 0.3) is 0 Å². The number of rotatable bonds is 3. The van der Waals surface area contributed by atoms with Crippen LogP contribution in [0.3, 0.4) is 0 Å². The van der Waals surface area contributed by atoms with Crippen LogP contribution in [0.2, 0.25) is 0 Å². The van der Waals surface area contributed by atoms with E-state index in [1.807, 2.05) is 0 Å². The van der Waals surface area contributed by atoms with E-state index in [4.69, 9.17) is 5.11 Å². The van der Waals surface area contributed by atoms with E-state index in [0.29, 0.717) is 6.29 Å². The fourth-order valence-corrected chi connectivity index (χ4v) is 0.463. The van der Waals surface area contributed by atoms with E-state index >= 15 is 0 Å². The largest absolute Gasteiger partial charge is 0.453 e. The number of hydrogen-bond donors (Lipinski definition) is 2. The third kappa shape index (κ3) is 3.57. The quantitative estimate of drug-likeness (QED) is 0.536. The Morgan fingerprint density at radius 3 is 2.55 bits per heavy atom. The van der Waals surface area contributed by atoms with Gasteiger partial charge >= 0.3 is 6.09 Å². The van der Waals surface area contributed by atoms with Crippen LogP contribution in [0.5, 0.6) is 0 Å². The van der Waals surface area contributed by atoms with Gasteiger partial charge in [0.25, 0.3) is 0 Å². The van der Waals surface area contributed by atoms with Crippen LogP contribution in [0.15, 0.2) is 0 Å². The molecule has 0 aliphatic rings. The highest BCUT2D eigenvalue weighted by Gasteiger charge is 2.15. The van der Waals surface area contributed by atoms with Crippen LogP contribution in [-0.4, -0.2) is 36.7 Å². The minimum atomic E-state index is -0.911. The molecule has 0 aromatic heterocycles.